The molecule has 1 aromatic carbocycles. The summed E-state index contributed by atoms with van der Waals surface area (Å²) >= 11 is 1.39. The number of Topliss-reactive ketones (excluding diaryl/α,β-unsaturated/α-hetero) is 1. The standard InChI is InChI=1S/C17H20F2N2O2S/c1-10-13(9-23-20-10)16(22)8-15(21-24-17(2,3)4)12-6-5-11(18)7-14(12)19/h5-7,9,15,21H,8H2,1-4H3. The zero-order valence-corrected chi connectivity index (χ0v) is 14.8. The van der Waals surface area contributed by atoms with E-state index >= 15 is 0 Å². The van der Waals surface area contributed by atoms with E-state index in [2.05, 4.69) is 9.88 Å². The van der Waals surface area contributed by atoms with Gasteiger partial charge in [-0.1, -0.05) is 23.2 Å². The van der Waals surface area contributed by atoms with Gasteiger partial charge in [0.2, 0.25) is 0 Å². The number of rotatable bonds is 6. The number of nitrogens with zero attached hydrogens (tertiary/aromatic N) is 1. The number of carbonyl (C=O) groups excluding carboxylic acids is 1. The molecule has 0 saturated carbocycles. The number of carbonyl (C=O) groups is 1. The normalized spacial score (nSPS) is 13.1. The number of benzene rings is 1. The third kappa shape index (κ3) is 4.88. The first-order valence-corrected chi connectivity index (χ1v) is 8.31. The van der Waals surface area contributed by atoms with Crippen molar-refractivity contribution in [2.75, 3.05) is 0 Å². The van der Waals surface area contributed by atoms with Crippen LogP contribution in [0.15, 0.2) is 29.0 Å². The predicted molar refractivity (Wildman–Crippen MR) is 89.8 cm³/mol. The number of ketones is 1. The lowest BCUT2D eigenvalue weighted by atomic mass is 9.98. The average Bonchev–Trinajstić information content (AvgIpc) is 2.89. The number of halogens is 2. The fourth-order valence-electron chi connectivity index (χ4n) is 2.10. The van der Waals surface area contributed by atoms with Crippen molar-refractivity contribution in [1.29, 1.82) is 0 Å². The minimum Gasteiger partial charge on any atom is -0.364 e. The lowest BCUT2D eigenvalue weighted by molar-refractivity contribution is 0.0971. The minimum atomic E-state index is -0.683. The number of nitrogens with one attached hydrogen (secondary N) is 1. The van der Waals surface area contributed by atoms with E-state index in [1.54, 1.807) is 6.92 Å². The van der Waals surface area contributed by atoms with Crippen molar-refractivity contribution >= 4 is 17.7 Å². The molecule has 0 aliphatic heterocycles. The molecule has 0 bridgehead atoms. The molecule has 24 heavy (non-hydrogen) atoms. The summed E-state index contributed by atoms with van der Waals surface area (Å²) in [5.74, 6) is -1.55. The van der Waals surface area contributed by atoms with Crippen molar-refractivity contribution in [2.45, 2.75) is 44.9 Å². The van der Waals surface area contributed by atoms with Crippen LogP contribution in [0.2, 0.25) is 0 Å². The maximum atomic E-state index is 14.2. The van der Waals surface area contributed by atoms with Crippen LogP contribution in [0.25, 0.3) is 0 Å². The third-order valence-corrected chi connectivity index (χ3v) is 4.30. The van der Waals surface area contributed by atoms with E-state index in [1.165, 1.54) is 30.3 Å². The topological polar surface area (TPSA) is 55.1 Å². The average molecular weight is 354 g/mol. The van der Waals surface area contributed by atoms with E-state index in [4.69, 9.17) is 4.52 Å². The molecular formula is C17H20F2N2O2S. The van der Waals surface area contributed by atoms with E-state index in [0.29, 0.717) is 11.3 Å². The van der Waals surface area contributed by atoms with Crippen molar-refractivity contribution in [1.82, 2.24) is 9.88 Å². The molecule has 1 N–H and O–H groups in total. The van der Waals surface area contributed by atoms with E-state index in [9.17, 15) is 13.6 Å². The maximum absolute atomic E-state index is 14.2. The highest BCUT2D eigenvalue weighted by Gasteiger charge is 2.24. The highest BCUT2D eigenvalue weighted by Crippen LogP contribution is 2.29. The number of hydrogen-bond donors (Lipinski definition) is 1. The molecule has 0 saturated heterocycles. The SMILES string of the molecule is Cc1nocc1C(=O)CC(NSC(C)(C)C)c1ccc(F)cc1F. The molecule has 0 aliphatic rings. The van der Waals surface area contributed by atoms with E-state index in [0.717, 1.165) is 6.07 Å². The van der Waals surface area contributed by atoms with Gasteiger partial charge in [-0.2, -0.15) is 0 Å². The summed E-state index contributed by atoms with van der Waals surface area (Å²) < 4.78 is 35.1. The smallest absolute Gasteiger partial charge is 0.169 e. The largest absolute Gasteiger partial charge is 0.364 e. The predicted octanol–water partition coefficient (Wildman–Crippen LogP) is 4.61. The van der Waals surface area contributed by atoms with Gasteiger partial charge in [0.25, 0.3) is 0 Å². The molecule has 4 nitrogen and oxygen atoms in total. The molecule has 1 aromatic heterocycles. The minimum absolute atomic E-state index is 0.00762. The number of hydrogen-bond acceptors (Lipinski definition) is 5. The highest BCUT2D eigenvalue weighted by molar-refractivity contribution is 7.98. The van der Waals surface area contributed by atoms with Crippen molar-refractivity contribution in [2.24, 2.45) is 0 Å². The van der Waals surface area contributed by atoms with Crippen LogP contribution < -0.4 is 4.72 Å². The molecule has 1 unspecified atom stereocenters. The van der Waals surface area contributed by atoms with Crippen LogP contribution in [0.1, 0.15) is 54.8 Å². The Balaban J connectivity index is 2.25. The van der Waals surface area contributed by atoms with Crippen molar-refractivity contribution in [3.63, 3.8) is 0 Å². The van der Waals surface area contributed by atoms with E-state index in [-0.39, 0.29) is 22.5 Å². The summed E-state index contributed by atoms with van der Waals surface area (Å²) in [4.78, 5) is 12.5. The van der Waals surface area contributed by atoms with Gasteiger partial charge >= 0.3 is 0 Å². The second-order valence-corrected chi connectivity index (χ2v) is 8.16. The van der Waals surface area contributed by atoms with Gasteiger partial charge in [-0.3, -0.25) is 9.52 Å². The second kappa shape index (κ2) is 7.44. The lowest BCUT2D eigenvalue weighted by Gasteiger charge is -2.24. The second-order valence-electron chi connectivity index (χ2n) is 6.49. The van der Waals surface area contributed by atoms with Gasteiger partial charge in [-0.05, 0) is 33.8 Å². The molecule has 1 heterocycles. The molecule has 1 atom stereocenters. The Morgan fingerprint density at radius 1 is 1.38 bits per heavy atom. The van der Waals surface area contributed by atoms with Crippen LogP contribution >= 0.6 is 11.9 Å². The van der Waals surface area contributed by atoms with Crippen LogP contribution in [0, 0.1) is 18.6 Å². The summed E-state index contributed by atoms with van der Waals surface area (Å²) in [6.07, 6.45) is 1.29. The monoisotopic (exact) mass is 354 g/mol. The van der Waals surface area contributed by atoms with E-state index in [1.807, 2.05) is 20.8 Å². The van der Waals surface area contributed by atoms with Crippen molar-refractivity contribution in [3.05, 3.63) is 52.9 Å². The molecule has 2 aromatic rings. The Bertz CT molecular complexity index is 726. The van der Waals surface area contributed by atoms with Crippen LogP contribution in [0.4, 0.5) is 8.78 Å². The van der Waals surface area contributed by atoms with E-state index < -0.39 is 17.7 Å². The molecule has 0 radical (unpaired) electrons. The third-order valence-electron chi connectivity index (χ3n) is 3.29. The zero-order valence-electron chi connectivity index (χ0n) is 14.0. The summed E-state index contributed by atoms with van der Waals surface area (Å²) in [5.41, 5.74) is 1.10. The van der Waals surface area contributed by atoms with Gasteiger partial charge in [0, 0.05) is 22.8 Å². The zero-order chi connectivity index (χ0) is 17.9. The van der Waals surface area contributed by atoms with Gasteiger partial charge in [0.15, 0.2) is 5.78 Å². The van der Waals surface area contributed by atoms with Gasteiger partial charge in [0.05, 0.1) is 17.3 Å². The Morgan fingerprint density at radius 2 is 2.08 bits per heavy atom. The Hall–Kier alpha value is -1.73. The molecule has 0 spiro atoms. The van der Waals surface area contributed by atoms with Crippen LogP contribution in [-0.4, -0.2) is 15.7 Å². The fraction of sp³-hybridized carbons (Fsp3) is 0.412. The van der Waals surface area contributed by atoms with Gasteiger partial charge in [-0.25, -0.2) is 8.78 Å². The molecular weight excluding hydrogens is 334 g/mol. The van der Waals surface area contributed by atoms with Crippen LogP contribution in [-0.2, 0) is 0 Å². The molecule has 7 heteroatoms. The molecule has 0 aliphatic carbocycles. The van der Waals surface area contributed by atoms with Crippen molar-refractivity contribution in [3.8, 4) is 0 Å². The highest BCUT2D eigenvalue weighted by atomic mass is 32.2. The van der Waals surface area contributed by atoms with Gasteiger partial charge < -0.3 is 4.52 Å². The molecule has 0 fully saturated rings. The van der Waals surface area contributed by atoms with Crippen molar-refractivity contribution < 1.29 is 18.1 Å². The van der Waals surface area contributed by atoms with Gasteiger partial charge in [0.1, 0.15) is 17.9 Å². The summed E-state index contributed by atoms with van der Waals surface area (Å²) in [6.45, 7) is 7.65. The Morgan fingerprint density at radius 3 is 2.62 bits per heavy atom. The Labute approximate surface area is 144 Å². The maximum Gasteiger partial charge on any atom is 0.169 e. The summed E-state index contributed by atoms with van der Waals surface area (Å²) in [7, 11) is 0. The lowest BCUT2D eigenvalue weighted by Crippen LogP contribution is -2.24. The molecule has 130 valence electrons. The quantitative estimate of drug-likeness (QED) is 0.606. The van der Waals surface area contributed by atoms with Crippen LogP contribution in [0.5, 0.6) is 0 Å². The number of aromatic nitrogens is 1. The van der Waals surface area contributed by atoms with Gasteiger partial charge in [-0.15, -0.1) is 0 Å². The fourth-order valence-corrected chi connectivity index (χ4v) is 2.81. The first kappa shape index (κ1) is 18.6. The molecule has 2 rings (SSSR count). The first-order chi connectivity index (χ1) is 11.2. The Kier molecular flexibility index (Phi) is 5.77. The van der Waals surface area contributed by atoms with Crippen LogP contribution in [0.3, 0.4) is 0 Å². The molecule has 0 amide bonds. The summed E-state index contributed by atoms with van der Waals surface area (Å²) in [6, 6.07) is 2.76. The number of aryl methyl sites for hydroxylation is 1. The first-order valence-electron chi connectivity index (χ1n) is 7.50. The summed E-state index contributed by atoms with van der Waals surface area (Å²) in [5, 5.41) is 3.69.